The van der Waals surface area contributed by atoms with Crippen LogP contribution in [0.25, 0.3) is 11.3 Å². The van der Waals surface area contributed by atoms with E-state index in [-0.39, 0.29) is 17.3 Å². The Morgan fingerprint density at radius 3 is 2.54 bits per heavy atom. The van der Waals surface area contributed by atoms with E-state index in [0.717, 1.165) is 11.9 Å². The van der Waals surface area contributed by atoms with Crippen molar-refractivity contribution in [3.8, 4) is 17.1 Å². The summed E-state index contributed by atoms with van der Waals surface area (Å²) >= 11 is 5.75. The summed E-state index contributed by atoms with van der Waals surface area (Å²) < 4.78 is 38.2. The maximum atomic E-state index is 12.0. The van der Waals surface area contributed by atoms with E-state index in [0.29, 0.717) is 33.6 Å². The molecule has 4 aromatic rings. The molecule has 2 unspecified atom stereocenters. The Bertz CT molecular complexity index is 1640. The van der Waals surface area contributed by atoms with Crippen LogP contribution in [-0.2, 0) is 10.0 Å². The van der Waals surface area contributed by atoms with Crippen LogP contribution in [0.1, 0.15) is 33.9 Å². The number of rotatable bonds is 8. The second kappa shape index (κ2) is 10.4. The fraction of sp³-hybridized carbons (Fsp3) is 0.148. The first kappa shape index (κ1) is 26.2. The second-order valence-electron chi connectivity index (χ2n) is 8.84. The zero-order chi connectivity index (χ0) is 27.7. The van der Waals surface area contributed by atoms with Gasteiger partial charge in [0, 0.05) is 17.4 Å². The summed E-state index contributed by atoms with van der Waals surface area (Å²) in [7, 11) is -2.12. The van der Waals surface area contributed by atoms with Gasteiger partial charge < -0.3 is 24.5 Å². The maximum Gasteiger partial charge on any atom is 0.335 e. The molecule has 0 spiro atoms. The van der Waals surface area contributed by atoms with Crippen molar-refractivity contribution in [1.82, 2.24) is 10.3 Å². The van der Waals surface area contributed by atoms with Gasteiger partial charge in [-0.2, -0.15) is 0 Å². The second-order valence-corrected chi connectivity index (χ2v) is 11.0. The molecule has 0 bridgehead atoms. The number of aromatic nitrogens is 1. The molecule has 2 aromatic carbocycles. The lowest BCUT2D eigenvalue weighted by Crippen LogP contribution is -2.29. The van der Waals surface area contributed by atoms with Crippen LogP contribution in [0.3, 0.4) is 0 Å². The summed E-state index contributed by atoms with van der Waals surface area (Å²) in [5, 5.41) is 12.9. The molecule has 10 nitrogen and oxygen atoms in total. The maximum absolute atomic E-state index is 12.0. The number of carbonyl (C=O) groups is 1. The van der Waals surface area contributed by atoms with Crippen LogP contribution in [0.5, 0.6) is 5.75 Å². The first-order valence-corrected chi connectivity index (χ1v) is 14.0. The van der Waals surface area contributed by atoms with Gasteiger partial charge in [-0.1, -0.05) is 18.2 Å². The first-order valence-electron chi connectivity index (χ1n) is 11.7. The number of anilines is 2. The number of thiocarbonyl (C=S) groups is 1. The summed E-state index contributed by atoms with van der Waals surface area (Å²) in [5.74, 6) is 0.466. The molecule has 3 N–H and O–H groups in total. The van der Waals surface area contributed by atoms with Crippen molar-refractivity contribution in [2.45, 2.75) is 12.1 Å². The van der Waals surface area contributed by atoms with Gasteiger partial charge in [0.05, 0.1) is 36.4 Å². The lowest BCUT2D eigenvalue weighted by atomic mass is 10.0. The van der Waals surface area contributed by atoms with Gasteiger partial charge in [-0.25, -0.2) is 13.2 Å². The van der Waals surface area contributed by atoms with Crippen LogP contribution in [0.2, 0.25) is 0 Å². The molecule has 39 heavy (non-hydrogen) atoms. The highest BCUT2D eigenvalue weighted by molar-refractivity contribution is 7.92. The third kappa shape index (κ3) is 5.42. The predicted molar refractivity (Wildman–Crippen MR) is 150 cm³/mol. The Hall–Kier alpha value is -4.42. The van der Waals surface area contributed by atoms with E-state index in [1.54, 1.807) is 36.5 Å². The van der Waals surface area contributed by atoms with E-state index >= 15 is 0 Å². The minimum atomic E-state index is -3.58. The van der Waals surface area contributed by atoms with E-state index in [9.17, 15) is 18.3 Å². The number of pyridine rings is 1. The highest BCUT2D eigenvalue weighted by atomic mass is 32.2. The van der Waals surface area contributed by atoms with Crippen molar-refractivity contribution in [1.29, 1.82) is 0 Å². The van der Waals surface area contributed by atoms with E-state index in [1.165, 1.54) is 19.2 Å². The number of hydrogen-bond donors (Lipinski definition) is 3. The number of carboxylic acid groups (broad SMARTS) is 1. The zero-order valence-electron chi connectivity index (χ0n) is 20.9. The van der Waals surface area contributed by atoms with Crippen molar-refractivity contribution >= 4 is 44.7 Å². The number of nitrogens with zero attached hydrogens (tertiary/aromatic N) is 2. The molecule has 1 aliphatic heterocycles. The molecule has 12 heteroatoms. The largest absolute Gasteiger partial charge is 0.495 e. The number of methoxy groups -OCH3 is 1. The minimum Gasteiger partial charge on any atom is -0.495 e. The Labute approximate surface area is 230 Å². The number of sulfonamides is 1. The molecule has 5 rings (SSSR count). The zero-order valence-corrected chi connectivity index (χ0v) is 22.5. The highest BCUT2D eigenvalue weighted by Gasteiger charge is 2.42. The molecule has 3 heterocycles. The topological polar surface area (TPSA) is 134 Å². The number of aromatic carboxylic acids is 1. The van der Waals surface area contributed by atoms with Gasteiger partial charge in [0.1, 0.15) is 23.3 Å². The highest BCUT2D eigenvalue weighted by Crippen LogP contribution is 2.44. The molecular formula is C27H24N4O6S2. The summed E-state index contributed by atoms with van der Waals surface area (Å²) in [6.07, 6.45) is 2.76. The van der Waals surface area contributed by atoms with Gasteiger partial charge >= 0.3 is 5.97 Å². The molecule has 2 atom stereocenters. The van der Waals surface area contributed by atoms with Crippen LogP contribution < -0.4 is 19.7 Å². The molecule has 0 saturated carbocycles. The molecule has 2 aromatic heterocycles. The van der Waals surface area contributed by atoms with Crippen molar-refractivity contribution in [2.24, 2.45) is 0 Å². The summed E-state index contributed by atoms with van der Waals surface area (Å²) in [4.78, 5) is 17.6. The van der Waals surface area contributed by atoms with E-state index in [4.69, 9.17) is 21.4 Å². The quantitative estimate of drug-likeness (QED) is 0.261. The molecular weight excluding hydrogens is 540 g/mol. The average molecular weight is 565 g/mol. The third-order valence-corrected chi connectivity index (χ3v) is 7.09. The standard InChI is InChI=1S/C27H24N4O6S2/c1-36-22-11-10-18(15-20(22)30-39(2,34)35)31-25(24(29-27(31)38)19-5-3-4-14-28-19)23-13-12-21(37-23)16-6-8-17(9-7-16)26(32)33/h3-15,24-25,30H,1-2H3,(H,29,38)(H,32,33). The Balaban J connectivity index is 1.59. The molecule has 0 aliphatic carbocycles. The van der Waals surface area contributed by atoms with Gasteiger partial charge in [-0.15, -0.1) is 0 Å². The van der Waals surface area contributed by atoms with Gasteiger partial charge in [0.15, 0.2) is 5.11 Å². The number of nitrogens with one attached hydrogen (secondary N) is 2. The van der Waals surface area contributed by atoms with Crippen molar-refractivity contribution in [3.63, 3.8) is 0 Å². The minimum absolute atomic E-state index is 0.176. The van der Waals surface area contributed by atoms with Crippen LogP contribution in [0.4, 0.5) is 11.4 Å². The number of hydrogen-bond acceptors (Lipinski definition) is 7. The summed E-state index contributed by atoms with van der Waals surface area (Å²) in [5.41, 5.74) is 2.49. The molecule has 0 amide bonds. The van der Waals surface area contributed by atoms with Gasteiger partial charge in [-0.3, -0.25) is 9.71 Å². The van der Waals surface area contributed by atoms with Gasteiger partial charge in [0.25, 0.3) is 0 Å². The Morgan fingerprint density at radius 1 is 1.13 bits per heavy atom. The monoisotopic (exact) mass is 564 g/mol. The molecule has 1 fully saturated rings. The summed E-state index contributed by atoms with van der Waals surface area (Å²) in [6, 6.07) is 19.9. The Kier molecular flexibility index (Phi) is 6.98. The normalized spacial score (nSPS) is 17.1. The lowest BCUT2D eigenvalue weighted by Gasteiger charge is -2.27. The molecule has 1 aliphatic rings. The molecule has 200 valence electrons. The summed E-state index contributed by atoms with van der Waals surface area (Å²) in [6.45, 7) is 0. The lowest BCUT2D eigenvalue weighted by molar-refractivity contribution is 0.0697. The smallest absolute Gasteiger partial charge is 0.335 e. The predicted octanol–water partition coefficient (Wildman–Crippen LogP) is 4.60. The van der Waals surface area contributed by atoms with E-state index in [1.807, 2.05) is 35.2 Å². The SMILES string of the molecule is COc1ccc(N2C(=S)NC(c3ccccn3)C2c2ccc(-c3ccc(C(=O)O)cc3)o2)cc1NS(C)(=O)=O. The van der Waals surface area contributed by atoms with E-state index < -0.39 is 22.0 Å². The fourth-order valence-corrected chi connectivity index (χ4v) is 5.40. The Morgan fingerprint density at radius 2 is 1.90 bits per heavy atom. The molecule has 0 radical (unpaired) electrons. The van der Waals surface area contributed by atoms with Crippen LogP contribution in [0.15, 0.2) is 83.4 Å². The van der Waals surface area contributed by atoms with E-state index in [2.05, 4.69) is 15.0 Å². The van der Waals surface area contributed by atoms with Crippen LogP contribution in [-0.4, -0.2) is 43.0 Å². The third-order valence-electron chi connectivity index (χ3n) is 6.19. The number of carboxylic acids is 1. The fourth-order valence-electron chi connectivity index (χ4n) is 4.49. The van der Waals surface area contributed by atoms with Crippen LogP contribution in [0, 0.1) is 0 Å². The number of ether oxygens (including phenoxy) is 1. The van der Waals surface area contributed by atoms with Gasteiger partial charge in [-0.05, 0) is 66.8 Å². The van der Waals surface area contributed by atoms with Crippen molar-refractivity contribution < 1.29 is 27.5 Å². The van der Waals surface area contributed by atoms with Crippen molar-refractivity contribution in [2.75, 3.05) is 23.0 Å². The first-order chi connectivity index (χ1) is 18.6. The molecule has 1 saturated heterocycles. The number of furan rings is 1. The number of benzene rings is 2. The average Bonchev–Trinajstić information content (AvgIpc) is 3.53. The van der Waals surface area contributed by atoms with Crippen molar-refractivity contribution in [3.05, 3.63) is 96.0 Å². The van der Waals surface area contributed by atoms with Gasteiger partial charge in [0.2, 0.25) is 10.0 Å². The van der Waals surface area contributed by atoms with Crippen LogP contribution >= 0.6 is 12.2 Å².